The van der Waals surface area contributed by atoms with Gasteiger partial charge in [0, 0.05) is 41.4 Å². The van der Waals surface area contributed by atoms with Gasteiger partial charge in [-0.05, 0) is 45.4 Å². The summed E-state index contributed by atoms with van der Waals surface area (Å²) in [6.07, 6.45) is -4.20. The van der Waals surface area contributed by atoms with E-state index in [1.165, 1.54) is 13.0 Å². The van der Waals surface area contributed by atoms with E-state index in [9.17, 15) is 34.2 Å². The molecule has 0 radical (unpaired) electrons. The molecule has 2 bridgehead atoms. The zero-order valence-corrected chi connectivity index (χ0v) is 33.4. The van der Waals surface area contributed by atoms with E-state index in [2.05, 4.69) is 11.9 Å². The monoisotopic (exact) mass is 773 g/mol. The molecule has 1 amide bonds. The predicted octanol–water partition coefficient (Wildman–Crippen LogP) is 5.55. The van der Waals surface area contributed by atoms with E-state index in [4.69, 9.17) is 18.9 Å². The highest BCUT2D eigenvalue weighted by molar-refractivity contribution is 6.40. The van der Waals surface area contributed by atoms with Crippen molar-refractivity contribution in [3.8, 4) is 0 Å². The zero-order chi connectivity index (χ0) is 41.2. The van der Waals surface area contributed by atoms with Crippen LogP contribution in [0.5, 0.6) is 0 Å². The second-order valence-electron chi connectivity index (χ2n) is 18.0. The minimum atomic E-state index is -2.11. The lowest BCUT2D eigenvalue weighted by atomic mass is 9.38. The molecule has 12 atom stereocenters. The van der Waals surface area contributed by atoms with Gasteiger partial charge in [0.25, 0.3) is 0 Å². The van der Waals surface area contributed by atoms with E-state index in [1.54, 1.807) is 109 Å². The van der Waals surface area contributed by atoms with E-state index in [1.807, 2.05) is 0 Å². The smallest absolute Gasteiger partial charge is 0.408 e. The van der Waals surface area contributed by atoms with Gasteiger partial charge in [0.1, 0.15) is 23.4 Å². The maximum absolute atomic E-state index is 14.9. The number of benzene rings is 2. The van der Waals surface area contributed by atoms with Crippen LogP contribution in [0.25, 0.3) is 0 Å². The largest absolute Gasteiger partial charge is 0.461 e. The minimum absolute atomic E-state index is 0.0836. The minimum Gasteiger partial charge on any atom is -0.461 e. The number of hydrogen-bond acceptors (Lipinski definition) is 11. The summed E-state index contributed by atoms with van der Waals surface area (Å²) in [5.74, 6) is -6.96. The number of Topliss-reactive ketones (excluding diaryl/α,β-unsaturated/α-hetero) is 2. The Morgan fingerprint density at radius 1 is 0.982 bits per heavy atom. The summed E-state index contributed by atoms with van der Waals surface area (Å²) in [7, 11) is 0. The summed E-state index contributed by atoms with van der Waals surface area (Å²) in [5, 5.41) is 28.1. The molecule has 1 heterocycles. The maximum atomic E-state index is 14.9. The summed E-state index contributed by atoms with van der Waals surface area (Å²) < 4.78 is 24.1. The van der Waals surface area contributed by atoms with E-state index >= 15 is 0 Å². The number of hydrogen-bond donors (Lipinski definition) is 3. The number of ketones is 2. The molecular weight excluding hydrogens is 718 g/mol. The number of ether oxygens (including phenoxy) is 4. The summed E-state index contributed by atoms with van der Waals surface area (Å²) in [6.45, 7) is 17.4. The summed E-state index contributed by atoms with van der Waals surface area (Å²) in [5.41, 5.74) is -6.93. The van der Waals surface area contributed by atoms with E-state index < -0.39 is 111 Å². The van der Waals surface area contributed by atoms with Crippen LogP contribution < -0.4 is 5.32 Å². The highest BCUT2D eigenvalue weighted by atomic mass is 16.6. The molecule has 0 spiro atoms. The summed E-state index contributed by atoms with van der Waals surface area (Å²) in [6, 6.07) is 16.0. The maximum Gasteiger partial charge on any atom is 0.408 e. The van der Waals surface area contributed by atoms with Gasteiger partial charge in [-0.3, -0.25) is 14.4 Å². The molecule has 4 aliphatic rings. The molecule has 3 aliphatic carbocycles. The molecule has 0 aromatic heterocycles. The predicted molar refractivity (Wildman–Crippen MR) is 204 cm³/mol. The lowest BCUT2D eigenvalue weighted by Gasteiger charge is -2.69. The van der Waals surface area contributed by atoms with Crippen LogP contribution in [-0.2, 0) is 33.3 Å². The first-order valence-corrected chi connectivity index (χ1v) is 19.4. The van der Waals surface area contributed by atoms with Crippen LogP contribution >= 0.6 is 0 Å². The molecule has 1 saturated heterocycles. The number of nitrogens with one attached hydrogen (secondary N) is 1. The Morgan fingerprint density at radius 3 is 2.14 bits per heavy atom. The molecule has 6 rings (SSSR count). The van der Waals surface area contributed by atoms with Crippen molar-refractivity contribution in [2.75, 3.05) is 6.61 Å². The van der Waals surface area contributed by atoms with Gasteiger partial charge >= 0.3 is 18.0 Å². The number of aliphatic hydroxyl groups excluding tert-OH is 1. The normalized spacial score (nSPS) is 35.8. The fourth-order valence-electron chi connectivity index (χ4n) is 10.2. The fourth-order valence-corrected chi connectivity index (χ4v) is 10.2. The first-order valence-electron chi connectivity index (χ1n) is 19.4. The molecule has 12 heteroatoms. The number of aliphatic hydroxyl groups is 2. The first kappa shape index (κ1) is 41.2. The van der Waals surface area contributed by atoms with Gasteiger partial charge in [-0.15, -0.1) is 6.58 Å². The Kier molecular flexibility index (Phi) is 10.7. The fraction of sp³-hybridized carbons (Fsp3) is 0.568. The van der Waals surface area contributed by atoms with Crippen molar-refractivity contribution in [3.05, 3.63) is 84.4 Å². The number of carbonyl (C=O) groups excluding carboxylic acids is 5. The molecule has 3 N–H and O–H groups in total. The van der Waals surface area contributed by atoms with E-state index in [-0.39, 0.29) is 25.0 Å². The summed E-state index contributed by atoms with van der Waals surface area (Å²) in [4.78, 5) is 71.3. The van der Waals surface area contributed by atoms with Crippen LogP contribution in [0.4, 0.5) is 4.79 Å². The molecule has 12 nitrogen and oxygen atoms in total. The third-order valence-corrected chi connectivity index (χ3v) is 13.6. The van der Waals surface area contributed by atoms with Crippen molar-refractivity contribution in [2.24, 2.45) is 39.9 Å². The molecule has 1 aliphatic heterocycles. The third-order valence-electron chi connectivity index (χ3n) is 13.6. The Balaban J connectivity index is 1.45. The van der Waals surface area contributed by atoms with Gasteiger partial charge in [0.05, 0.1) is 41.8 Å². The number of rotatable bonds is 8. The average Bonchev–Trinajstić information content (AvgIpc) is 3.12. The second-order valence-corrected chi connectivity index (χ2v) is 18.0. The molecule has 3 saturated carbocycles. The molecule has 12 unspecified atom stereocenters. The van der Waals surface area contributed by atoms with Crippen molar-refractivity contribution in [1.29, 1.82) is 0 Å². The Morgan fingerprint density at radius 2 is 1.59 bits per heavy atom. The quantitative estimate of drug-likeness (QED) is 0.133. The van der Waals surface area contributed by atoms with E-state index in [0.717, 1.165) is 0 Å². The SMILES string of the molecule is C=CC(C(=O)OC1CC2(O)C(OC(=O)c3ccccc3)C3(C)C4COC4CC(O)C3(C)C(=O)C(=O)C(C1C)C2(C)C)C(NC(=O)OC(C)(C)C)c1ccccc1. The number of alkyl carbamates (subject to hydrolysis) is 1. The zero-order valence-electron chi connectivity index (χ0n) is 33.4. The van der Waals surface area contributed by atoms with Crippen molar-refractivity contribution in [2.45, 2.75) is 110 Å². The van der Waals surface area contributed by atoms with Crippen LogP contribution in [0, 0.1) is 39.9 Å². The van der Waals surface area contributed by atoms with Gasteiger partial charge in [0.15, 0.2) is 0 Å². The molecule has 4 fully saturated rings. The Hall–Kier alpha value is -4.39. The molecule has 56 heavy (non-hydrogen) atoms. The highest BCUT2D eigenvalue weighted by Gasteiger charge is 2.78. The second kappa shape index (κ2) is 14.5. The molecular formula is C44H55NO11. The van der Waals surface area contributed by atoms with Crippen molar-refractivity contribution >= 4 is 29.6 Å². The van der Waals surface area contributed by atoms with Crippen LogP contribution in [0.15, 0.2) is 73.3 Å². The van der Waals surface area contributed by atoms with Crippen molar-refractivity contribution in [1.82, 2.24) is 5.32 Å². The van der Waals surface area contributed by atoms with Gasteiger partial charge in [0.2, 0.25) is 11.6 Å². The third kappa shape index (κ3) is 6.47. The summed E-state index contributed by atoms with van der Waals surface area (Å²) >= 11 is 0. The standard InChI is InChI=1S/C44H55NO11/c1-10-27(33(25-17-13-11-14-18-25)45-39(51)56-40(3,4)5)37(50)54-30-22-44(52)38(55-36(49)26-19-15-12-16-20-26)42(8)28-23-53-29(28)21-31(46)43(42,9)35(48)34(47)32(24(30)2)41(44,6)7/h10-20,24,27-33,38,46,52H,1,21-23H2,2-9H3,(H,45,51). The number of carbonyl (C=O) groups is 5. The van der Waals surface area contributed by atoms with Gasteiger partial charge < -0.3 is 34.5 Å². The van der Waals surface area contributed by atoms with Crippen LogP contribution in [0.2, 0.25) is 0 Å². The Bertz CT molecular complexity index is 1870. The van der Waals surface area contributed by atoms with Crippen LogP contribution in [-0.4, -0.2) is 82.0 Å². The van der Waals surface area contributed by atoms with E-state index in [0.29, 0.717) is 5.56 Å². The number of esters is 2. The lowest BCUT2D eigenvalue weighted by Crippen LogP contribution is -2.80. The average molecular weight is 774 g/mol. The van der Waals surface area contributed by atoms with Crippen LogP contribution in [0.3, 0.4) is 0 Å². The van der Waals surface area contributed by atoms with Gasteiger partial charge in [-0.2, -0.15) is 0 Å². The number of amides is 1. The first-order chi connectivity index (χ1) is 26.1. The van der Waals surface area contributed by atoms with Crippen molar-refractivity contribution in [3.63, 3.8) is 0 Å². The van der Waals surface area contributed by atoms with Gasteiger partial charge in [-0.25, -0.2) is 9.59 Å². The molecule has 2 aromatic carbocycles. The lowest BCUT2D eigenvalue weighted by molar-refractivity contribution is -0.324. The molecule has 2 aromatic rings. The van der Waals surface area contributed by atoms with Crippen molar-refractivity contribution < 1.29 is 53.1 Å². The molecule has 302 valence electrons. The topological polar surface area (TPSA) is 175 Å². The Labute approximate surface area is 328 Å². The van der Waals surface area contributed by atoms with Gasteiger partial charge in [-0.1, -0.05) is 82.3 Å². The number of fused-ring (bicyclic) bond motifs is 5. The van der Waals surface area contributed by atoms with Crippen LogP contribution in [0.1, 0.15) is 90.2 Å². The highest BCUT2D eigenvalue weighted by Crippen LogP contribution is 2.67.